The molecule has 0 bridgehead atoms. The lowest BCUT2D eigenvalue weighted by Gasteiger charge is -2.12. The minimum Gasteiger partial charge on any atom is -0.355 e. The maximum Gasteiger partial charge on any atom is 0.433 e. The molecule has 1 aromatic heterocycles. The van der Waals surface area contributed by atoms with Crippen molar-refractivity contribution in [1.82, 2.24) is 20.6 Å². The number of nitrogens with zero attached hydrogens (tertiary/aromatic N) is 3. The fourth-order valence-electron chi connectivity index (χ4n) is 1.85. The first-order valence-electron chi connectivity index (χ1n) is 7.01. The molecule has 2 unspecified atom stereocenters. The summed E-state index contributed by atoms with van der Waals surface area (Å²) >= 11 is 0. The molecule has 1 aliphatic rings. The second-order valence-corrected chi connectivity index (χ2v) is 5.15. The second kappa shape index (κ2) is 8.50. The van der Waals surface area contributed by atoms with Crippen molar-refractivity contribution < 1.29 is 13.2 Å². The highest BCUT2D eigenvalue weighted by Gasteiger charge is 2.33. The molecule has 1 aromatic rings. The summed E-state index contributed by atoms with van der Waals surface area (Å²) < 4.78 is 37.5. The van der Waals surface area contributed by atoms with Crippen LogP contribution in [0.5, 0.6) is 0 Å². The van der Waals surface area contributed by atoms with Crippen LogP contribution in [0.4, 0.5) is 19.1 Å². The van der Waals surface area contributed by atoms with Gasteiger partial charge in [-0.15, -0.1) is 24.0 Å². The molecule has 0 aromatic carbocycles. The average molecular weight is 444 g/mol. The van der Waals surface area contributed by atoms with Crippen molar-refractivity contribution >= 4 is 35.9 Å². The first-order chi connectivity index (χ1) is 10.4. The van der Waals surface area contributed by atoms with E-state index in [0.717, 1.165) is 18.7 Å². The number of anilines is 1. The number of halogens is 4. The first kappa shape index (κ1) is 19.7. The third-order valence-electron chi connectivity index (χ3n) is 3.30. The van der Waals surface area contributed by atoms with Crippen molar-refractivity contribution in [2.24, 2.45) is 10.9 Å². The van der Waals surface area contributed by atoms with E-state index in [1.54, 1.807) is 7.05 Å². The van der Waals surface area contributed by atoms with Gasteiger partial charge in [0.25, 0.3) is 0 Å². The summed E-state index contributed by atoms with van der Waals surface area (Å²) in [7, 11) is 1.67. The molecule has 2 rings (SSSR count). The van der Waals surface area contributed by atoms with Crippen LogP contribution in [0.3, 0.4) is 0 Å². The lowest BCUT2D eigenvalue weighted by atomic mass is 10.4. The Morgan fingerprint density at radius 3 is 2.65 bits per heavy atom. The number of aliphatic imine (C=N–C) groups is 1. The summed E-state index contributed by atoms with van der Waals surface area (Å²) in [6, 6.07) is 1.29. The SMILES string of the molecule is CN=C(NCCNc1nccc(C(F)(F)F)n1)NC1CC1C.I. The predicted octanol–water partition coefficient (Wildman–Crippen LogP) is 2.10. The molecule has 3 N–H and O–H groups in total. The van der Waals surface area contributed by atoms with Crippen LogP contribution in [-0.2, 0) is 6.18 Å². The molecule has 1 aliphatic carbocycles. The van der Waals surface area contributed by atoms with Crippen molar-refractivity contribution in [3.05, 3.63) is 18.0 Å². The minimum atomic E-state index is -4.47. The summed E-state index contributed by atoms with van der Waals surface area (Å²) in [6.07, 6.45) is -2.26. The van der Waals surface area contributed by atoms with Crippen molar-refractivity contribution in [2.75, 3.05) is 25.5 Å². The first-order valence-corrected chi connectivity index (χ1v) is 7.01. The van der Waals surface area contributed by atoms with Gasteiger partial charge in [0.15, 0.2) is 5.96 Å². The molecular weight excluding hydrogens is 424 g/mol. The summed E-state index contributed by atoms with van der Waals surface area (Å²) in [5.74, 6) is 1.28. The second-order valence-electron chi connectivity index (χ2n) is 5.15. The summed E-state index contributed by atoms with van der Waals surface area (Å²) in [5.41, 5.74) is -0.960. The van der Waals surface area contributed by atoms with Crippen LogP contribution in [0.25, 0.3) is 0 Å². The number of hydrogen-bond donors (Lipinski definition) is 3. The molecular formula is C13H20F3IN6. The Labute approximate surface area is 149 Å². The molecule has 0 radical (unpaired) electrons. The standard InChI is InChI=1S/C13H19F3N6.HI/c1-8-7-9(8)21-11(17-2)19-5-6-20-12-18-4-3-10(22-12)13(14,15)16;/h3-4,8-9H,5-7H2,1-2H3,(H2,17,19,21)(H,18,20,22);1H. The van der Waals surface area contributed by atoms with E-state index in [1.807, 2.05) is 0 Å². The van der Waals surface area contributed by atoms with Crippen LogP contribution in [0.15, 0.2) is 17.3 Å². The van der Waals surface area contributed by atoms with E-state index in [9.17, 15) is 13.2 Å². The molecule has 0 spiro atoms. The fourth-order valence-corrected chi connectivity index (χ4v) is 1.85. The number of aromatic nitrogens is 2. The van der Waals surface area contributed by atoms with Crippen molar-refractivity contribution in [3.63, 3.8) is 0 Å². The number of alkyl halides is 3. The Bertz CT molecular complexity index is 537. The lowest BCUT2D eigenvalue weighted by molar-refractivity contribution is -0.141. The van der Waals surface area contributed by atoms with E-state index >= 15 is 0 Å². The molecule has 1 saturated carbocycles. The van der Waals surface area contributed by atoms with Gasteiger partial charge in [0.2, 0.25) is 5.95 Å². The summed E-state index contributed by atoms with van der Waals surface area (Å²) in [5, 5.41) is 9.07. The Morgan fingerprint density at radius 1 is 1.39 bits per heavy atom. The van der Waals surface area contributed by atoms with Crippen LogP contribution in [-0.4, -0.2) is 42.1 Å². The van der Waals surface area contributed by atoms with Gasteiger partial charge in [-0.1, -0.05) is 6.92 Å². The van der Waals surface area contributed by atoms with Crippen LogP contribution < -0.4 is 16.0 Å². The summed E-state index contributed by atoms with van der Waals surface area (Å²) in [4.78, 5) is 11.3. The molecule has 23 heavy (non-hydrogen) atoms. The molecule has 0 saturated heterocycles. The zero-order valence-electron chi connectivity index (χ0n) is 12.8. The molecule has 1 heterocycles. The molecule has 0 aliphatic heterocycles. The lowest BCUT2D eigenvalue weighted by Crippen LogP contribution is -2.41. The molecule has 1 fully saturated rings. The Hall–Kier alpha value is -1.33. The van der Waals surface area contributed by atoms with E-state index < -0.39 is 11.9 Å². The summed E-state index contributed by atoms with van der Waals surface area (Å²) in [6.45, 7) is 3.01. The number of hydrogen-bond acceptors (Lipinski definition) is 4. The van der Waals surface area contributed by atoms with Crippen LogP contribution >= 0.6 is 24.0 Å². The van der Waals surface area contributed by atoms with E-state index in [2.05, 4.69) is 37.8 Å². The molecule has 2 atom stereocenters. The van der Waals surface area contributed by atoms with E-state index in [1.165, 1.54) is 0 Å². The van der Waals surface area contributed by atoms with Gasteiger partial charge in [-0.25, -0.2) is 9.97 Å². The molecule has 10 heteroatoms. The third kappa shape index (κ3) is 6.36. The number of guanidine groups is 1. The number of rotatable bonds is 5. The highest BCUT2D eigenvalue weighted by Crippen LogP contribution is 2.28. The quantitative estimate of drug-likeness (QED) is 0.281. The maximum absolute atomic E-state index is 12.5. The van der Waals surface area contributed by atoms with Gasteiger partial charge < -0.3 is 16.0 Å². The third-order valence-corrected chi connectivity index (χ3v) is 3.30. The van der Waals surface area contributed by atoms with Crippen LogP contribution in [0, 0.1) is 5.92 Å². The highest BCUT2D eigenvalue weighted by molar-refractivity contribution is 14.0. The molecule has 130 valence electrons. The van der Waals surface area contributed by atoms with Gasteiger partial charge in [0.05, 0.1) is 0 Å². The normalized spacial score (nSPS) is 20.5. The molecule has 6 nitrogen and oxygen atoms in total. The van der Waals surface area contributed by atoms with Gasteiger partial charge in [-0.2, -0.15) is 13.2 Å². The smallest absolute Gasteiger partial charge is 0.355 e. The zero-order valence-corrected chi connectivity index (χ0v) is 15.1. The number of nitrogens with one attached hydrogen (secondary N) is 3. The maximum atomic E-state index is 12.5. The molecule has 0 amide bonds. The Kier molecular flexibility index (Phi) is 7.29. The highest BCUT2D eigenvalue weighted by atomic mass is 127. The van der Waals surface area contributed by atoms with Gasteiger partial charge in [0, 0.05) is 32.4 Å². The van der Waals surface area contributed by atoms with E-state index in [4.69, 9.17) is 0 Å². The topological polar surface area (TPSA) is 74.2 Å². The van der Waals surface area contributed by atoms with E-state index in [0.29, 0.717) is 31.0 Å². The minimum absolute atomic E-state index is 0. The average Bonchev–Trinajstić information content (AvgIpc) is 3.17. The van der Waals surface area contributed by atoms with Crippen molar-refractivity contribution in [1.29, 1.82) is 0 Å². The largest absolute Gasteiger partial charge is 0.433 e. The Balaban J connectivity index is 0.00000264. The fraction of sp³-hybridized carbons (Fsp3) is 0.615. The Morgan fingerprint density at radius 2 is 2.09 bits per heavy atom. The van der Waals surface area contributed by atoms with E-state index in [-0.39, 0.29) is 29.9 Å². The van der Waals surface area contributed by atoms with Gasteiger partial charge in [0.1, 0.15) is 5.69 Å². The zero-order chi connectivity index (χ0) is 16.2. The monoisotopic (exact) mass is 444 g/mol. The van der Waals surface area contributed by atoms with Crippen molar-refractivity contribution in [2.45, 2.75) is 25.6 Å². The van der Waals surface area contributed by atoms with Gasteiger partial charge in [-0.3, -0.25) is 4.99 Å². The van der Waals surface area contributed by atoms with Gasteiger partial charge >= 0.3 is 6.18 Å². The van der Waals surface area contributed by atoms with Crippen LogP contribution in [0.2, 0.25) is 0 Å². The van der Waals surface area contributed by atoms with Crippen molar-refractivity contribution in [3.8, 4) is 0 Å². The van der Waals surface area contributed by atoms with Crippen LogP contribution in [0.1, 0.15) is 19.0 Å². The predicted molar refractivity (Wildman–Crippen MR) is 93.0 cm³/mol. The van der Waals surface area contributed by atoms with Gasteiger partial charge in [-0.05, 0) is 18.4 Å².